The van der Waals surface area contributed by atoms with E-state index in [1.807, 2.05) is 35.4 Å². The van der Waals surface area contributed by atoms with E-state index < -0.39 is 0 Å². The van der Waals surface area contributed by atoms with Gasteiger partial charge in [0.2, 0.25) is 5.91 Å². The molecule has 3 heterocycles. The summed E-state index contributed by atoms with van der Waals surface area (Å²) in [5, 5.41) is 8.07. The van der Waals surface area contributed by atoms with Crippen molar-refractivity contribution >= 4 is 5.91 Å². The zero-order valence-electron chi connectivity index (χ0n) is 13.6. The number of hydrogen-bond acceptors (Lipinski definition) is 5. The molecule has 0 bridgehead atoms. The molecule has 7 heteroatoms. The van der Waals surface area contributed by atoms with Gasteiger partial charge in [-0.15, -0.1) is 10.2 Å². The first-order valence-corrected chi connectivity index (χ1v) is 7.99. The summed E-state index contributed by atoms with van der Waals surface area (Å²) in [5.41, 5.74) is 0. The van der Waals surface area contributed by atoms with Crippen molar-refractivity contribution in [3.8, 4) is 0 Å². The van der Waals surface area contributed by atoms with Gasteiger partial charge < -0.3 is 18.6 Å². The number of carbonyl (C=O) groups is 1. The SMILES string of the molecule is CCn1cnnc1[C@@H]1CN(C(=O)CCc2ccc(C)o2)CCO1. The van der Waals surface area contributed by atoms with Crippen molar-refractivity contribution in [3.63, 3.8) is 0 Å². The molecule has 1 aliphatic rings. The molecule has 2 aromatic heterocycles. The number of ether oxygens (including phenoxy) is 1. The largest absolute Gasteiger partial charge is 0.466 e. The fourth-order valence-electron chi connectivity index (χ4n) is 2.80. The minimum absolute atomic E-state index is 0.120. The second kappa shape index (κ2) is 6.95. The van der Waals surface area contributed by atoms with Gasteiger partial charge in [0.25, 0.3) is 0 Å². The van der Waals surface area contributed by atoms with E-state index in [4.69, 9.17) is 9.15 Å². The lowest BCUT2D eigenvalue weighted by Crippen LogP contribution is -2.43. The Morgan fingerprint density at radius 3 is 3.04 bits per heavy atom. The van der Waals surface area contributed by atoms with Crippen molar-refractivity contribution in [2.45, 2.75) is 39.3 Å². The molecule has 7 nitrogen and oxygen atoms in total. The Bertz CT molecular complexity index is 664. The number of aryl methyl sites for hydroxylation is 3. The highest BCUT2D eigenvalue weighted by atomic mass is 16.5. The number of nitrogens with zero attached hydrogens (tertiary/aromatic N) is 4. The average Bonchev–Trinajstić information content (AvgIpc) is 3.21. The Balaban J connectivity index is 1.58. The van der Waals surface area contributed by atoms with Gasteiger partial charge in [-0.3, -0.25) is 4.79 Å². The van der Waals surface area contributed by atoms with Crippen LogP contribution in [0.2, 0.25) is 0 Å². The lowest BCUT2D eigenvalue weighted by atomic mass is 10.2. The van der Waals surface area contributed by atoms with Crippen LogP contribution in [0.5, 0.6) is 0 Å². The molecule has 0 saturated carbocycles. The van der Waals surface area contributed by atoms with Gasteiger partial charge in [0.15, 0.2) is 5.82 Å². The van der Waals surface area contributed by atoms with Gasteiger partial charge in [-0.2, -0.15) is 0 Å². The summed E-state index contributed by atoms with van der Waals surface area (Å²) in [4.78, 5) is 14.3. The molecule has 0 aliphatic carbocycles. The molecule has 0 radical (unpaired) electrons. The standard InChI is InChI=1S/C16H22N4O3/c1-3-19-11-17-18-16(19)14-10-20(8-9-22-14)15(21)7-6-13-5-4-12(2)23-13/h4-5,11,14H,3,6-10H2,1-2H3/t14-/m0/s1. The van der Waals surface area contributed by atoms with Crippen molar-refractivity contribution < 1.29 is 13.9 Å². The minimum Gasteiger partial charge on any atom is -0.466 e. The van der Waals surface area contributed by atoms with Crippen molar-refractivity contribution in [2.75, 3.05) is 19.7 Å². The molecule has 2 aromatic rings. The maximum absolute atomic E-state index is 12.4. The third-order valence-corrected chi connectivity index (χ3v) is 4.07. The van der Waals surface area contributed by atoms with Gasteiger partial charge in [-0.25, -0.2) is 0 Å². The Kier molecular flexibility index (Phi) is 4.76. The van der Waals surface area contributed by atoms with Gasteiger partial charge in [0.1, 0.15) is 24.0 Å². The highest BCUT2D eigenvalue weighted by molar-refractivity contribution is 5.76. The lowest BCUT2D eigenvalue weighted by Gasteiger charge is -2.32. The summed E-state index contributed by atoms with van der Waals surface area (Å²) < 4.78 is 13.2. The summed E-state index contributed by atoms with van der Waals surface area (Å²) in [6, 6.07) is 3.84. The topological polar surface area (TPSA) is 73.4 Å². The number of morpholine rings is 1. The zero-order chi connectivity index (χ0) is 16.2. The van der Waals surface area contributed by atoms with Crippen molar-refractivity contribution in [1.82, 2.24) is 19.7 Å². The summed E-state index contributed by atoms with van der Waals surface area (Å²) in [7, 11) is 0. The molecule has 1 saturated heterocycles. The molecule has 1 fully saturated rings. The molecule has 0 unspecified atom stereocenters. The van der Waals surface area contributed by atoms with E-state index in [1.54, 1.807) is 6.33 Å². The fourth-order valence-corrected chi connectivity index (χ4v) is 2.80. The third-order valence-electron chi connectivity index (χ3n) is 4.07. The van der Waals surface area contributed by atoms with Gasteiger partial charge in [0, 0.05) is 25.9 Å². The van der Waals surface area contributed by atoms with Crippen LogP contribution >= 0.6 is 0 Å². The van der Waals surface area contributed by atoms with Crippen LogP contribution in [0.15, 0.2) is 22.9 Å². The summed E-state index contributed by atoms with van der Waals surface area (Å²) in [6.07, 6.45) is 2.56. The molecular formula is C16H22N4O3. The Hall–Kier alpha value is -2.15. The minimum atomic E-state index is -0.207. The summed E-state index contributed by atoms with van der Waals surface area (Å²) >= 11 is 0. The molecule has 124 valence electrons. The van der Waals surface area contributed by atoms with Crippen LogP contribution < -0.4 is 0 Å². The number of furan rings is 1. The highest BCUT2D eigenvalue weighted by Crippen LogP contribution is 2.21. The molecular weight excluding hydrogens is 296 g/mol. The normalized spacial score (nSPS) is 18.3. The van der Waals surface area contributed by atoms with E-state index in [0.717, 1.165) is 23.9 Å². The highest BCUT2D eigenvalue weighted by Gasteiger charge is 2.28. The fraction of sp³-hybridized carbons (Fsp3) is 0.562. The van der Waals surface area contributed by atoms with Crippen LogP contribution in [0, 0.1) is 6.92 Å². The van der Waals surface area contributed by atoms with Crippen LogP contribution in [0.1, 0.15) is 36.8 Å². The van der Waals surface area contributed by atoms with Gasteiger partial charge >= 0.3 is 0 Å². The average molecular weight is 318 g/mol. The predicted octanol–water partition coefficient (Wildman–Crippen LogP) is 1.73. The van der Waals surface area contributed by atoms with E-state index in [2.05, 4.69) is 10.2 Å². The van der Waals surface area contributed by atoms with Crippen LogP contribution in [-0.4, -0.2) is 45.3 Å². The van der Waals surface area contributed by atoms with Crippen molar-refractivity contribution in [3.05, 3.63) is 35.8 Å². The van der Waals surface area contributed by atoms with Crippen LogP contribution in [0.4, 0.5) is 0 Å². The molecule has 0 aromatic carbocycles. The molecule has 1 amide bonds. The molecule has 1 atom stereocenters. The third kappa shape index (κ3) is 3.61. The van der Waals surface area contributed by atoms with Gasteiger partial charge in [-0.1, -0.05) is 0 Å². The smallest absolute Gasteiger partial charge is 0.223 e. The Labute approximate surface area is 135 Å². The van der Waals surface area contributed by atoms with E-state index in [1.165, 1.54) is 0 Å². The van der Waals surface area contributed by atoms with E-state index in [9.17, 15) is 4.79 Å². The number of aromatic nitrogens is 3. The van der Waals surface area contributed by atoms with Crippen molar-refractivity contribution in [1.29, 1.82) is 0 Å². The lowest BCUT2D eigenvalue weighted by molar-refractivity contribution is -0.139. The van der Waals surface area contributed by atoms with E-state index in [0.29, 0.717) is 32.5 Å². The van der Waals surface area contributed by atoms with Crippen LogP contribution in [0.3, 0.4) is 0 Å². The van der Waals surface area contributed by atoms with Crippen LogP contribution in [-0.2, 0) is 22.5 Å². The first kappa shape index (κ1) is 15.7. The molecule has 0 spiro atoms. The number of carbonyl (C=O) groups excluding carboxylic acids is 1. The number of hydrogen-bond donors (Lipinski definition) is 0. The zero-order valence-corrected chi connectivity index (χ0v) is 13.6. The second-order valence-corrected chi connectivity index (χ2v) is 5.69. The van der Waals surface area contributed by atoms with Crippen molar-refractivity contribution in [2.24, 2.45) is 0 Å². The molecule has 0 N–H and O–H groups in total. The number of amides is 1. The molecule has 3 rings (SSSR count). The molecule has 23 heavy (non-hydrogen) atoms. The Morgan fingerprint density at radius 1 is 1.43 bits per heavy atom. The van der Waals surface area contributed by atoms with Gasteiger partial charge in [0.05, 0.1) is 13.2 Å². The molecule has 1 aliphatic heterocycles. The first-order chi connectivity index (χ1) is 11.2. The maximum Gasteiger partial charge on any atom is 0.223 e. The first-order valence-electron chi connectivity index (χ1n) is 7.99. The quantitative estimate of drug-likeness (QED) is 0.839. The maximum atomic E-state index is 12.4. The van der Waals surface area contributed by atoms with E-state index in [-0.39, 0.29) is 12.0 Å². The van der Waals surface area contributed by atoms with Crippen LogP contribution in [0.25, 0.3) is 0 Å². The van der Waals surface area contributed by atoms with Gasteiger partial charge in [-0.05, 0) is 26.0 Å². The monoisotopic (exact) mass is 318 g/mol. The number of rotatable bonds is 5. The second-order valence-electron chi connectivity index (χ2n) is 5.69. The summed E-state index contributed by atoms with van der Waals surface area (Å²) in [6.45, 7) is 6.38. The van der Waals surface area contributed by atoms with E-state index >= 15 is 0 Å². The predicted molar refractivity (Wildman–Crippen MR) is 82.7 cm³/mol. The Morgan fingerprint density at radius 2 is 2.30 bits per heavy atom. The summed E-state index contributed by atoms with van der Waals surface area (Å²) in [5.74, 6) is 2.63.